The lowest BCUT2D eigenvalue weighted by molar-refractivity contribution is -0.121. The van der Waals surface area contributed by atoms with Crippen LogP contribution in [0.15, 0.2) is 82.5 Å². The van der Waals surface area contributed by atoms with Crippen molar-refractivity contribution in [3.63, 3.8) is 0 Å². The zero-order valence-corrected chi connectivity index (χ0v) is 20.1. The second-order valence-corrected chi connectivity index (χ2v) is 9.82. The third kappa shape index (κ3) is 5.30. The highest BCUT2D eigenvalue weighted by Gasteiger charge is 2.23. The number of carbonyl (C=O) groups is 1. The van der Waals surface area contributed by atoms with Gasteiger partial charge in [-0.25, -0.2) is 9.37 Å². The number of para-hydroxylation sites is 2. The van der Waals surface area contributed by atoms with E-state index in [1.165, 1.54) is 12.1 Å². The van der Waals surface area contributed by atoms with E-state index in [1.54, 1.807) is 22.4 Å². The van der Waals surface area contributed by atoms with E-state index in [2.05, 4.69) is 10.3 Å². The van der Waals surface area contributed by atoms with Crippen LogP contribution in [0, 0.1) is 5.82 Å². The van der Waals surface area contributed by atoms with Crippen molar-refractivity contribution >= 4 is 28.7 Å². The summed E-state index contributed by atoms with van der Waals surface area (Å²) in [4.78, 5) is 31.7. The third-order valence-electron chi connectivity index (χ3n) is 6.32. The Labute approximate surface area is 207 Å². The third-order valence-corrected chi connectivity index (χ3v) is 7.44. The molecule has 1 amide bonds. The van der Waals surface area contributed by atoms with Crippen LogP contribution in [0.3, 0.4) is 0 Å². The molecule has 0 spiro atoms. The van der Waals surface area contributed by atoms with Gasteiger partial charge in [-0.2, -0.15) is 0 Å². The minimum absolute atomic E-state index is 0.146. The Bertz CT molecular complexity index is 1420. The van der Waals surface area contributed by atoms with Crippen LogP contribution in [0.1, 0.15) is 35.7 Å². The Morgan fingerprint density at radius 1 is 1.06 bits per heavy atom. The number of amides is 1. The number of hydrogen-bond donors (Lipinski definition) is 1. The SMILES string of the molecule is O=C(CCc1nc2ccccc2n(CCc2ccccc2)c1=O)N[C@H]1CCSc2ccc(F)cc21. The van der Waals surface area contributed by atoms with Gasteiger partial charge in [-0.3, -0.25) is 9.59 Å². The van der Waals surface area contributed by atoms with E-state index in [-0.39, 0.29) is 36.2 Å². The van der Waals surface area contributed by atoms with Crippen LogP contribution in [0.5, 0.6) is 0 Å². The van der Waals surface area contributed by atoms with Crippen molar-refractivity contribution in [3.05, 3.63) is 106 Å². The average Bonchev–Trinajstić information content (AvgIpc) is 2.88. The van der Waals surface area contributed by atoms with Gasteiger partial charge in [0.05, 0.1) is 17.1 Å². The maximum absolute atomic E-state index is 13.8. The van der Waals surface area contributed by atoms with Gasteiger partial charge < -0.3 is 9.88 Å². The van der Waals surface area contributed by atoms with Gasteiger partial charge in [-0.1, -0.05) is 42.5 Å². The first-order valence-electron chi connectivity index (χ1n) is 11.8. The molecule has 1 aliphatic heterocycles. The number of benzene rings is 3. The molecule has 2 heterocycles. The normalized spacial score (nSPS) is 15.1. The molecule has 0 fully saturated rings. The summed E-state index contributed by atoms with van der Waals surface area (Å²) >= 11 is 1.67. The lowest BCUT2D eigenvalue weighted by Crippen LogP contribution is -2.32. The Morgan fingerprint density at radius 2 is 1.86 bits per heavy atom. The van der Waals surface area contributed by atoms with Crippen molar-refractivity contribution in [2.45, 2.75) is 43.2 Å². The van der Waals surface area contributed by atoms with Gasteiger partial charge in [0.2, 0.25) is 5.91 Å². The second kappa shape index (κ2) is 10.4. The number of carbonyl (C=O) groups excluding carboxylic acids is 1. The molecule has 3 aromatic carbocycles. The number of nitrogens with zero attached hydrogens (tertiary/aromatic N) is 2. The number of halogens is 1. The lowest BCUT2D eigenvalue weighted by Gasteiger charge is -2.26. The smallest absolute Gasteiger partial charge is 0.272 e. The van der Waals surface area contributed by atoms with E-state index in [0.29, 0.717) is 12.2 Å². The van der Waals surface area contributed by atoms with E-state index < -0.39 is 0 Å². The summed E-state index contributed by atoms with van der Waals surface area (Å²) in [7, 11) is 0. The van der Waals surface area contributed by atoms with Crippen LogP contribution in [0.25, 0.3) is 11.0 Å². The minimum atomic E-state index is -0.304. The molecular formula is C28H26FN3O2S. The van der Waals surface area contributed by atoms with E-state index >= 15 is 0 Å². The van der Waals surface area contributed by atoms with Crippen molar-refractivity contribution in [3.8, 4) is 0 Å². The van der Waals surface area contributed by atoms with E-state index in [4.69, 9.17) is 0 Å². The topological polar surface area (TPSA) is 64.0 Å². The molecule has 5 rings (SSSR count). The van der Waals surface area contributed by atoms with Crippen LogP contribution in [0.4, 0.5) is 4.39 Å². The molecule has 0 radical (unpaired) electrons. The first-order valence-corrected chi connectivity index (χ1v) is 12.8. The molecule has 0 unspecified atom stereocenters. The molecule has 1 aromatic heterocycles. The fourth-order valence-corrected chi connectivity index (χ4v) is 5.64. The van der Waals surface area contributed by atoms with Gasteiger partial charge in [-0.05, 0) is 54.3 Å². The molecule has 4 aromatic rings. The zero-order valence-electron chi connectivity index (χ0n) is 19.2. The van der Waals surface area contributed by atoms with Crippen molar-refractivity contribution in [1.82, 2.24) is 14.9 Å². The van der Waals surface area contributed by atoms with Crippen LogP contribution < -0.4 is 10.9 Å². The predicted molar refractivity (Wildman–Crippen MR) is 137 cm³/mol. The Hall–Kier alpha value is -3.45. The van der Waals surface area contributed by atoms with Crippen LogP contribution in [0.2, 0.25) is 0 Å². The summed E-state index contributed by atoms with van der Waals surface area (Å²) < 4.78 is 15.6. The van der Waals surface area contributed by atoms with E-state index in [1.807, 2.05) is 54.6 Å². The number of thioether (sulfide) groups is 1. The highest BCUT2D eigenvalue weighted by Crippen LogP contribution is 2.36. The van der Waals surface area contributed by atoms with E-state index in [0.717, 1.165) is 45.7 Å². The summed E-state index contributed by atoms with van der Waals surface area (Å²) in [6.07, 6.45) is 1.86. The maximum atomic E-state index is 13.8. The average molecular weight is 488 g/mol. The number of aryl methyl sites for hydroxylation is 3. The van der Waals surface area contributed by atoms with Gasteiger partial charge >= 0.3 is 0 Å². The molecule has 1 N–H and O–H groups in total. The highest BCUT2D eigenvalue weighted by atomic mass is 32.2. The fourth-order valence-electron chi connectivity index (χ4n) is 4.53. The first kappa shape index (κ1) is 23.3. The highest BCUT2D eigenvalue weighted by molar-refractivity contribution is 7.99. The Morgan fingerprint density at radius 3 is 2.71 bits per heavy atom. The Balaban J connectivity index is 1.32. The fraction of sp³-hybridized carbons (Fsp3) is 0.250. The molecule has 1 aliphatic rings. The molecule has 1 atom stereocenters. The molecular weight excluding hydrogens is 461 g/mol. The van der Waals surface area contributed by atoms with Crippen molar-refractivity contribution < 1.29 is 9.18 Å². The number of nitrogens with one attached hydrogen (secondary N) is 1. The quantitative estimate of drug-likeness (QED) is 0.396. The first-order chi connectivity index (χ1) is 17.1. The molecule has 0 bridgehead atoms. The number of aromatic nitrogens is 2. The van der Waals surface area contributed by atoms with Gasteiger partial charge in [0.1, 0.15) is 11.5 Å². The molecule has 0 aliphatic carbocycles. The molecule has 0 saturated heterocycles. The number of rotatable bonds is 7. The summed E-state index contributed by atoms with van der Waals surface area (Å²) in [6, 6.07) is 22.1. The lowest BCUT2D eigenvalue weighted by atomic mass is 10.0. The molecule has 178 valence electrons. The van der Waals surface area contributed by atoms with Gasteiger partial charge in [-0.15, -0.1) is 11.8 Å². The summed E-state index contributed by atoms with van der Waals surface area (Å²) in [5.74, 6) is 0.395. The van der Waals surface area contributed by atoms with Gasteiger partial charge in [0.25, 0.3) is 5.56 Å². The monoisotopic (exact) mass is 487 g/mol. The number of hydrogen-bond acceptors (Lipinski definition) is 4. The van der Waals surface area contributed by atoms with E-state index in [9.17, 15) is 14.0 Å². The van der Waals surface area contributed by atoms with Gasteiger partial charge in [0.15, 0.2) is 0 Å². The van der Waals surface area contributed by atoms with Crippen LogP contribution in [-0.4, -0.2) is 21.2 Å². The molecule has 5 nitrogen and oxygen atoms in total. The summed E-state index contributed by atoms with van der Waals surface area (Å²) in [5.41, 5.74) is 3.74. The van der Waals surface area contributed by atoms with Crippen LogP contribution in [-0.2, 0) is 24.2 Å². The Kier molecular flexibility index (Phi) is 6.95. The molecule has 35 heavy (non-hydrogen) atoms. The summed E-state index contributed by atoms with van der Waals surface area (Å²) in [5, 5.41) is 3.03. The zero-order chi connectivity index (χ0) is 24.2. The van der Waals surface area contributed by atoms with Crippen molar-refractivity contribution in [2.24, 2.45) is 0 Å². The largest absolute Gasteiger partial charge is 0.349 e. The summed E-state index contributed by atoms with van der Waals surface area (Å²) in [6.45, 7) is 0.535. The van der Waals surface area contributed by atoms with Gasteiger partial charge in [0, 0.05) is 30.0 Å². The second-order valence-electron chi connectivity index (χ2n) is 8.68. The number of fused-ring (bicyclic) bond motifs is 2. The molecule has 7 heteroatoms. The van der Waals surface area contributed by atoms with Crippen molar-refractivity contribution in [2.75, 3.05) is 5.75 Å². The molecule has 0 saturated carbocycles. The predicted octanol–water partition coefficient (Wildman–Crippen LogP) is 5.06. The van der Waals surface area contributed by atoms with Crippen LogP contribution >= 0.6 is 11.8 Å². The minimum Gasteiger partial charge on any atom is -0.349 e. The standard InChI is InChI=1S/C28H26FN3O2S/c29-20-10-12-26-21(18-20)22(15-17-35-26)31-27(33)13-11-24-28(34)32(16-14-19-6-2-1-3-7-19)25-9-5-4-8-23(25)30-24/h1-10,12,18,22H,11,13-17H2,(H,31,33)/t22-/m0/s1. The van der Waals surface area contributed by atoms with Crippen molar-refractivity contribution in [1.29, 1.82) is 0 Å². The maximum Gasteiger partial charge on any atom is 0.272 e.